The number of para-hydroxylation sites is 1. The third-order valence-corrected chi connectivity index (χ3v) is 2.86. The number of nitrogens with zero attached hydrogens (tertiary/aromatic N) is 1. The molecule has 2 aromatic carbocycles. The van der Waals surface area contributed by atoms with Crippen molar-refractivity contribution in [2.45, 2.75) is 0 Å². The monoisotopic (exact) mass is 265 g/mol. The van der Waals surface area contributed by atoms with Gasteiger partial charge in [0.05, 0.1) is 5.69 Å². The normalized spacial score (nSPS) is 13.9. The zero-order chi connectivity index (χ0) is 13.9. The lowest BCUT2D eigenvalue weighted by Gasteiger charge is -2.15. The van der Waals surface area contributed by atoms with Crippen LogP contribution in [0.4, 0.5) is 5.69 Å². The molecule has 98 valence electrons. The average Bonchev–Trinajstić information content (AvgIpc) is 2.80. The van der Waals surface area contributed by atoms with Crippen LogP contribution in [0.25, 0.3) is 0 Å². The van der Waals surface area contributed by atoms with Crippen molar-refractivity contribution in [2.75, 3.05) is 4.90 Å². The maximum Gasteiger partial charge on any atom is 0.258 e. The van der Waals surface area contributed by atoms with Crippen molar-refractivity contribution >= 4 is 17.5 Å². The van der Waals surface area contributed by atoms with E-state index in [0.29, 0.717) is 17.2 Å². The molecule has 0 fully saturated rings. The number of imide groups is 1. The third-order valence-electron chi connectivity index (χ3n) is 2.86. The van der Waals surface area contributed by atoms with Gasteiger partial charge in [0.1, 0.15) is 11.5 Å². The van der Waals surface area contributed by atoms with Crippen LogP contribution in [0.15, 0.2) is 66.7 Å². The quantitative estimate of drug-likeness (QED) is 0.802. The van der Waals surface area contributed by atoms with E-state index in [0.717, 1.165) is 4.90 Å². The molecular weight excluding hydrogens is 254 g/mol. The number of amides is 2. The second kappa shape index (κ2) is 5.01. The molecule has 4 nitrogen and oxygen atoms in total. The SMILES string of the molecule is O=C1C=CC(=O)N1c1cccc(Oc2ccccc2)c1. The molecule has 4 heteroatoms. The summed E-state index contributed by atoms with van der Waals surface area (Å²) >= 11 is 0. The lowest BCUT2D eigenvalue weighted by Crippen LogP contribution is -2.29. The summed E-state index contributed by atoms with van der Waals surface area (Å²) in [6.45, 7) is 0. The number of anilines is 1. The molecule has 20 heavy (non-hydrogen) atoms. The minimum absolute atomic E-state index is 0.341. The summed E-state index contributed by atoms with van der Waals surface area (Å²) in [5.41, 5.74) is 0.499. The number of carbonyl (C=O) groups is 2. The zero-order valence-electron chi connectivity index (χ0n) is 10.5. The molecule has 0 unspecified atom stereocenters. The van der Waals surface area contributed by atoms with Gasteiger partial charge in [-0.3, -0.25) is 9.59 Å². The summed E-state index contributed by atoms with van der Waals surface area (Å²) in [5.74, 6) is 0.585. The van der Waals surface area contributed by atoms with Crippen LogP contribution in [0.2, 0.25) is 0 Å². The third kappa shape index (κ3) is 2.31. The van der Waals surface area contributed by atoms with E-state index < -0.39 is 0 Å². The molecule has 3 rings (SSSR count). The fourth-order valence-corrected chi connectivity index (χ4v) is 1.97. The first-order valence-corrected chi connectivity index (χ1v) is 6.13. The molecule has 0 saturated carbocycles. The number of ether oxygens (including phenoxy) is 1. The Morgan fingerprint density at radius 2 is 1.40 bits per heavy atom. The van der Waals surface area contributed by atoms with Crippen LogP contribution >= 0.6 is 0 Å². The van der Waals surface area contributed by atoms with Crippen LogP contribution in [0.3, 0.4) is 0 Å². The van der Waals surface area contributed by atoms with E-state index in [1.807, 2.05) is 30.3 Å². The highest BCUT2D eigenvalue weighted by atomic mass is 16.5. The Labute approximate surface area is 115 Å². The zero-order valence-corrected chi connectivity index (χ0v) is 10.5. The first-order valence-electron chi connectivity index (χ1n) is 6.13. The largest absolute Gasteiger partial charge is 0.457 e. The second-order valence-corrected chi connectivity index (χ2v) is 4.26. The standard InChI is InChI=1S/C16H11NO3/c18-15-9-10-16(19)17(15)12-5-4-8-14(11-12)20-13-6-2-1-3-7-13/h1-11H. The Kier molecular flexibility index (Phi) is 3.05. The van der Waals surface area contributed by atoms with Gasteiger partial charge in [-0.05, 0) is 24.3 Å². The Morgan fingerprint density at radius 3 is 2.10 bits per heavy atom. The topological polar surface area (TPSA) is 46.6 Å². The molecule has 0 spiro atoms. The molecule has 2 amide bonds. The van der Waals surface area contributed by atoms with Crippen molar-refractivity contribution in [3.05, 3.63) is 66.7 Å². The number of rotatable bonds is 3. The summed E-state index contributed by atoms with van der Waals surface area (Å²) in [5, 5.41) is 0. The van der Waals surface area contributed by atoms with Crippen LogP contribution in [0.1, 0.15) is 0 Å². The predicted molar refractivity (Wildman–Crippen MR) is 74.6 cm³/mol. The molecule has 1 aliphatic rings. The first kappa shape index (κ1) is 12.2. The molecule has 0 atom stereocenters. The van der Waals surface area contributed by atoms with Gasteiger partial charge in [0.2, 0.25) is 0 Å². The van der Waals surface area contributed by atoms with E-state index in [1.165, 1.54) is 12.2 Å². The van der Waals surface area contributed by atoms with Crippen LogP contribution < -0.4 is 9.64 Å². The van der Waals surface area contributed by atoms with E-state index in [-0.39, 0.29) is 11.8 Å². The highest BCUT2D eigenvalue weighted by Crippen LogP contribution is 2.27. The molecule has 2 aromatic rings. The molecule has 1 aliphatic heterocycles. The maximum absolute atomic E-state index is 11.6. The number of hydrogen-bond acceptors (Lipinski definition) is 3. The lowest BCUT2D eigenvalue weighted by atomic mass is 10.2. The van der Waals surface area contributed by atoms with Crippen molar-refractivity contribution < 1.29 is 14.3 Å². The maximum atomic E-state index is 11.6. The molecule has 0 N–H and O–H groups in total. The lowest BCUT2D eigenvalue weighted by molar-refractivity contribution is -0.119. The summed E-state index contributed by atoms with van der Waals surface area (Å²) in [6.07, 6.45) is 2.51. The summed E-state index contributed by atoms with van der Waals surface area (Å²) in [4.78, 5) is 24.4. The number of carbonyl (C=O) groups excluding carboxylic acids is 2. The number of benzene rings is 2. The molecule has 0 bridgehead atoms. The van der Waals surface area contributed by atoms with Crippen molar-refractivity contribution in [1.29, 1.82) is 0 Å². The van der Waals surface area contributed by atoms with Gasteiger partial charge in [-0.15, -0.1) is 0 Å². The van der Waals surface area contributed by atoms with E-state index >= 15 is 0 Å². The number of hydrogen-bond donors (Lipinski definition) is 0. The molecule has 0 aliphatic carbocycles. The Balaban J connectivity index is 1.87. The molecule has 0 aromatic heterocycles. The minimum atomic E-state index is -0.341. The molecule has 0 radical (unpaired) electrons. The summed E-state index contributed by atoms with van der Waals surface area (Å²) in [6, 6.07) is 16.2. The molecule has 1 heterocycles. The van der Waals surface area contributed by atoms with E-state index in [2.05, 4.69) is 0 Å². The first-order chi connectivity index (χ1) is 9.74. The van der Waals surface area contributed by atoms with Crippen molar-refractivity contribution in [3.8, 4) is 11.5 Å². The highest BCUT2D eigenvalue weighted by Gasteiger charge is 2.25. The minimum Gasteiger partial charge on any atom is -0.457 e. The molecular formula is C16H11NO3. The van der Waals surface area contributed by atoms with Crippen molar-refractivity contribution in [1.82, 2.24) is 0 Å². The second-order valence-electron chi connectivity index (χ2n) is 4.26. The van der Waals surface area contributed by atoms with Crippen LogP contribution in [-0.4, -0.2) is 11.8 Å². The van der Waals surface area contributed by atoms with Gasteiger partial charge in [-0.25, -0.2) is 4.90 Å². The van der Waals surface area contributed by atoms with Crippen LogP contribution in [0, 0.1) is 0 Å². The van der Waals surface area contributed by atoms with Gasteiger partial charge in [0, 0.05) is 18.2 Å². The summed E-state index contributed by atoms with van der Waals surface area (Å²) in [7, 11) is 0. The van der Waals surface area contributed by atoms with Gasteiger partial charge in [-0.2, -0.15) is 0 Å². The van der Waals surface area contributed by atoms with E-state index in [4.69, 9.17) is 4.74 Å². The van der Waals surface area contributed by atoms with E-state index in [1.54, 1.807) is 24.3 Å². The van der Waals surface area contributed by atoms with Crippen LogP contribution in [-0.2, 0) is 9.59 Å². The Morgan fingerprint density at radius 1 is 0.750 bits per heavy atom. The summed E-state index contributed by atoms with van der Waals surface area (Å²) < 4.78 is 5.68. The predicted octanol–water partition coefficient (Wildman–Crippen LogP) is 2.91. The van der Waals surface area contributed by atoms with Gasteiger partial charge < -0.3 is 4.74 Å². The fraction of sp³-hybridized carbons (Fsp3) is 0. The van der Waals surface area contributed by atoms with Crippen molar-refractivity contribution in [2.24, 2.45) is 0 Å². The van der Waals surface area contributed by atoms with Crippen LogP contribution in [0.5, 0.6) is 11.5 Å². The van der Waals surface area contributed by atoms with Crippen molar-refractivity contribution in [3.63, 3.8) is 0 Å². The Bertz CT molecular complexity index is 674. The van der Waals surface area contributed by atoms with Gasteiger partial charge >= 0.3 is 0 Å². The van der Waals surface area contributed by atoms with Gasteiger partial charge in [0.25, 0.3) is 11.8 Å². The Hall–Kier alpha value is -2.88. The average molecular weight is 265 g/mol. The molecule has 0 saturated heterocycles. The smallest absolute Gasteiger partial charge is 0.258 e. The highest BCUT2D eigenvalue weighted by molar-refractivity contribution is 6.28. The fourth-order valence-electron chi connectivity index (χ4n) is 1.97. The van der Waals surface area contributed by atoms with E-state index in [9.17, 15) is 9.59 Å². The van der Waals surface area contributed by atoms with Gasteiger partial charge in [0.15, 0.2) is 0 Å². The van der Waals surface area contributed by atoms with Gasteiger partial charge in [-0.1, -0.05) is 24.3 Å².